The standard InChI is InChI=1S/C17H16N4O2/c1-3-12-6-4-5-7-13(12)19-20-16-15(17(22)23)18-14-9-8-11(2)10-21(14)16/h4-10H,3H2,1-2H3,(H,22,23). The second kappa shape index (κ2) is 6.00. The lowest BCUT2D eigenvalue weighted by atomic mass is 10.1. The number of azo groups is 1. The summed E-state index contributed by atoms with van der Waals surface area (Å²) in [7, 11) is 0. The van der Waals surface area contributed by atoms with Crippen LogP contribution in [0.5, 0.6) is 0 Å². The topological polar surface area (TPSA) is 79.3 Å². The van der Waals surface area contributed by atoms with Crippen LogP contribution in [0.1, 0.15) is 28.5 Å². The summed E-state index contributed by atoms with van der Waals surface area (Å²) in [5.41, 5.74) is 3.20. The Hall–Kier alpha value is -3.02. The van der Waals surface area contributed by atoms with E-state index in [1.807, 2.05) is 44.2 Å². The largest absolute Gasteiger partial charge is 0.476 e. The average Bonchev–Trinajstić information content (AvgIpc) is 2.91. The number of carbonyl (C=O) groups is 1. The Morgan fingerprint density at radius 3 is 2.74 bits per heavy atom. The Morgan fingerprint density at radius 1 is 1.22 bits per heavy atom. The summed E-state index contributed by atoms with van der Waals surface area (Å²) in [6.07, 6.45) is 2.63. The molecule has 0 saturated heterocycles. The molecule has 0 fully saturated rings. The first-order chi connectivity index (χ1) is 11.1. The first-order valence-corrected chi connectivity index (χ1v) is 7.31. The average molecular weight is 308 g/mol. The van der Waals surface area contributed by atoms with Crippen LogP contribution < -0.4 is 0 Å². The van der Waals surface area contributed by atoms with E-state index in [2.05, 4.69) is 15.2 Å². The summed E-state index contributed by atoms with van der Waals surface area (Å²) in [6.45, 7) is 3.96. The molecule has 0 saturated carbocycles. The lowest BCUT2D eigenvalue weighted by Crippen LogP contribution is -1.96. The van der Waals surface area contributed by atoms with Gasteiger partial charge < -0.3 is 5.11 Å². The molecule has 0 radical (unpaired) electrons. The summed E-state index contributed by atoms with van der Waals surface area (Å²) in [5, 5.41) is 17.8. The predicted molar refractivity (Wildman–Crippen MR) is 86.9 cm³/mol. The number of pyridine rings is 1. The Morgan fingerprint density at radius 2 is 2.00 bits per heavy atom. The number of nitrogens with zero attached hydrogens (tertiary/aromatic N) is 4. The molecule has 116 valence electrons. The second-order valence-corrected chi connectivity index (χ2v) is 5.21. The molecule has 2 heterocycles. The van der Waals surface area contributed by atoms with E-state index in [0.717, 1.165) is 23.2 Å². The Labute approximate surface area is 133 Å². The zero-order valence-electron chi connectivity index (χ0n) is 12.9. The van der Waals surface area contributed by atoms with Crippen molar-refractivity contribution in [2.24, 2.45) is 10.2 Å². The Bertz CT molecular complexity index is 912. The van der Waals surface area contributed by atoms with Crippen LogP contribution in [0.15, 0.2) is 52.8 Å². The molecule has 2 aromatic heterocycles. The molecule has 3 rings (SSSR count). The van der Waals surface area contributed by atoms with Gasteiger partial charge in [0, 0.05) is 6.20 Å². The first kappa shape index (κ1) is 14.9. The molecule has 0 aliphatic carbocycles. The third kappa shape index (κ3) is 2.83. The number of imidazole rings is 1. The van der Waals surface area contributed by atoms with Gasteiger partial charge in [-0.05, 0) is 36.6 Å². The molecule has 1 N–H and O–H groups in total. The molecule has 0 aliphatic rings. The van der Waals surface area contributed by atoms with Crippen molar-refractivity contribution < 1.29 is 9.90 Å². The molecule has 6 heteroatoms. The van der Waals surface area contributed by atoms with Crippen molar-refractivity contribution in [1.29, 1.82) is 0 Å². The molecular weight excluding hydrogens is 292 g/mol. The molecule has 23 heavy (non-hydrogen) atoms. The zero-order chi connectivity index (χ0) is 16.4. The van der Waals surface area contributed by atoms with Crippen molar-refractivity contribution >= 4 is 23.1 Å². The summed E-state index contributed by atoms with van der Waals surface area (Å²) >= 11 is 0. The number of aromatic carboxylic acids is 1. The van der Waals surface area contributed by atoms with Crippen LogP contribution in [-0.4, -0.2) is 20.5 Å². The normalized spacial score (nSPS) is 11.4. The Kier molecular flexibility index (Phi) is 3.89. The number of aryl methyl sites for hydroxylation is 2. The second-order valence-electron chi connectivity index (χ2n) is 5.21. The number of carboxylic acids is 1. The number of hydrogen-bond donors (Lipinski definition) is 1. The molecule has 3 aromatic rings. The van der Waals surface area contributed by atoms with Gasteiger partial charge in [-0.1, -0.05) is 31.2 Å². The van der Waals surface area contributed by atoms with Crippen LogP contribution in [0.25, 0.3) is 5.65 Å². The number of carboxylic acid groups (broad SMARTS) is 1. The number of fused-ring (bicyclic) bond motifs is 1. The number of aromatic nitrogens is 2. The number of hydrogen-bond acceptors (Lipinski definition) is 4. The zero-order valence-corrected chi connectivity index (χ0v) is 12.9. The van der Waals surface area contributed by atoms with Crippen LogP contribution in [0.2, 0.25) is 0 Å². The van der Waals surface area contributed by atoms with Gasteiger partial charge in [0.05, 0.1) is 5.69 Å². The van der Waals surface area contributed by atoms with Crippen molar-refractivity contribution in [3.8, 4) is 0 Å². The molecular formula is C17H16N4O2. The molecule has 0 unspecified atom stereocenters. The molecule has 1 aromatic carbocycles. The molecule has 0 bridgehead atoms. The molecule has 0 amide bonds. The van der Waals surface area contributed by atoms with Crippen molar-refractivity contribution in [1.82, 2.24) is 9.38 Å². The van der Waals surface area contributed by atoms with Gasteiger partial charge in [0.15, 0.2) is 11.5 Å². The van der Waals surface area contributed by atoms with E-state index in [4.69, 9.17) is 0 Å². The third-order valence-corrected chi connectivity index (χ3v) is 3.57. The van der Waals surface area contributed by atoms with Crippen LogP contribution in [0.4, 0.5) is 11.5 Å². The lowest BCUT2D eigenvalue weighted by Gasteiger charge is -2.01. The van der Waals surface area contributed by atoms with Gasteiger partial charge in [0.25, 0.3) is 0 Å². The van der Waals surface area contributed by atoms with Gasteiger partial charge in [0.1, 0.15) is 5.65 Å². The van der Waals surface area contributed by atoms with Gasteiger partial charge in [-0.15, -0.1) is 10.2 Å². The van der Waals surface area contributed by atoms with E-state index < -0.39 is 5.97 Å². The number of rotatable bonds is 4. The predicted octanol–water partition coefficient (Wildman–Crippen LogP) is 4.32. The minimum atomic E-state index is -1.12. The minimum absolute atomic E-state index is 0.103. The van der Waals surface area contributed by atoms with E-state index in [1.54, 1.807) is 16.7 Å². The Balaban J connectivity index is 2.14. The quantitative estimate of drug-likeness (QED) is 0.729. The number of benzene rings is 1. The van der Waals surface area contributed by atoms with E-state index in [9.17, 15) is 9.90 Å². The monoisotopic (exact) mass is 308 g/mol. The fourth-order valence-electron chi connectivity index (χ4n) is 2.39. The summed E-state index contributed by atoms with van der Waals surface area (Å²) < 4.78 is 1.65. The van der Waals surface area contributed by atoms with Gasteiger partial charge in [-0.25, -0.2) is 9.78 Å². The van der Waals surface area contributed by atoms with Crippen LogP contribution in [0, 0.1) is 6.92 Å². The van der Waals surface area contributed by atoms with Gasteiger partial charge in [0.2, 0.25) is 0 Å². The van der Waals surface area contributed by atoms with Crippen LogP contribution in [0.3, 0.4) is 0 Å². The highest BCUT2D eigenvalue weighted by atomic mass is 16.4. The molecule has 0 atom stereocenters. The maximum Gasteiger partial charge on any atom is 0.358 e. The van der Waals surface area contributed by atoms with E-state index in [-0.39, 0.29) is 11.5 Å². The van der Waals surface area contributed by atoms with Crippen molar-refractivity contribution in [3.63, 3.8) is 0 Å². The van der Waals surface area contributed by atoms with E-state index >= 15 is 0 Å². The lowest BCUT2D eigenvalue weighted by molar-refractivity contribution is 0.0692. The van der Waals surface area contributed by atoms with Crippen LogP contribution in [-0.2, 0) is 6.42 Å². The fraction of sp³-hybridized carbons (Fsp3) is 0.176. The minimum Gasteiger partial charge on any atom is -0.476 e. The molecule has 0 aliphatic heterocycles. The van der Waals surface area contributed by atoms with E-state index in [1.165, 1.54) is 0 Å². The SMILES string of the molecule is CCc1ccccc1N=Nc1c(C(=O)O)nc2ccc(C)cn12. The summed E-state index contributed by atoms with van der Waals surface area (Å²) in [6, 6.07) is 11.3. The maximum atomic E-state index is 11.4. The van der Waals surface area contributed by atoms with Crippen LogP contribution >= 0.6 is 0 Å². The summed E-state index contributed by atoms with van der Waals surface area (Å²) in [4.78, 5) is 15.6. The fourth-order valence-corrected chi connectivity index (χ4v) is 2.39. The third-order valence-electron chi connectivity index (χ3n) is 3.57. The molecule has 6 nitrogen and oxygen atoms in total. The van der Waals surface area contributed by atoms with Gasteiger partial charge in [-0.2, -0.15) is 0 Å². The van der Waals surface area contributed by atoms with Crippen molar-refractivity contribution in [2.75, 3.05) is 0 Å². The maximum absolute atomic E-state index is 11.4. The smallest absolute Gasteiger partial charge is 0.358 e. The van der Waals surface area contributed by atoms with Gasteiger partial charge >= 0.3 is 5.97 Å². The summed E-state index contributed by atoms with van der Waals surface area (Å²) in [5.74, 6) is -0.897. The molecule has 0 spiro atoms. The highest BCUT2D eigenvalue weighted by molar-refractivity contribution is 5.91. The van der Waals surface area contributed by atoms with Crippen molar-refractivity contribution in [2.45, 2.75) is 20.3 Å². The highest BCUT2D eigenvalue weighted by Gasteiger charge is 2.18. The highest BCUT2D eigenvalue weighted by Crippen LogP contribution is 2.26. The first-order valence-electron chi connectivity index (χ1n) is 7.31. The van der Waals surface area contributed by atoms with Gasteiger partial charge in [-0.3, -0.25) is 4.40 Å². The van der Waals surface area contributed by atoms with Crippen molar-refractivity contribution in [3.05, 3.63) is 59.4 Å². The van der Waals surface area contributed by atoms with E-state index in [0.29, 0.717) is 5.65 Å².